The second kappa shape index (κ2) is 8.31. The van der Waals surface area contributed by atoms with Gasteiger partial charge < -0.3 is 9.84 Å². The van der Waals surface area contributed by atoms with Gasteiger partial charge in [0.2, 0.25) is 0 Å². The van der Waals surface area contributed by atoms with Gasteiger partial charge >= 0.3 is 12.1 Å². The first-order valence-corrected chi connectivity index (χ1v) is 8.84. The number of nitrogens with one attached hydrogen (secondary N) is 2. The second-order valence-electron chi connectivity index (χ2n) is 6.93. The van der Waals surface area contributed by atoms with Crippen LogP contribution in [-0.4, -0.2) is 40.4 Å². The molecule has 0 bridgehead atoms. The molecule has 1 saturated heterocycles. The molecule has 27 heavy (non-hydrogen) atoms. The number of nitrogens with zero attached hydrogens (tertiary/aromatic N) is 1. The number of hydrogen-bond acceptors (Lipinski definition) is 5. The molecule has 1 aliphatic heterocycles. The number of carboxylic acids is 1. The molecule has 2 aromatic rings. The fourth-order valence-electron chi connectivity index (χ4n) is 2.33. The summed E-state index contributed by atoms with van der Waals surface area (Å²) < 4.78 is 6.19. The molecule has 1 aliphatic rings. The van der Waals surface area contributed by atoms with Crippen LogP contribution in [0.25, 0.3) is 10.9 Å². The van der Waals surface area contributed by atoms with Gasteiger partial charge in [0.15, 0.2) is 0 Å². The topological polar surface area (TPSA) is 92.6 Å². The number of fused-ring (bicyclic) bond motifs is 1. The number of ether oxygens (including phenoxy) is 1. The molecule has 0 spiro atoms. The fourth-order valence-corrected chi connectivity index (χ4v) is 2.87. The number of hydrazine groups is 1. The number of carboxylic acid groups (broad SMARTS) is 1. The predicted octanol–water partition coefficient (Wildman–Crippen LogP) is 4.08. The van der Waals surface area contributed by atoms with Crippen LogP contribution in [0.5, 0.6) is 0 Å². The van der Waals surface area contributed by atoms with Gasteiger partial charge in [0.1, 0.15) is 11.3 Å². The molecule has 0 aliphatic carbocycles. The lowest BCUT2D eigenvalue weighted by Crippen LogP contribution is -2.28. The summed E-state index contributed by atoms with van der Waals surface area (Å²) in [5.41, 5.74) is 6.38. The SMILES string of the molecule is C=C1CNNC1.CC(C)(C)OC(=O)n1c(C(=O)O)cc2c(Cl)cc(Cl)cc21. The molecule has 1 fully saturated rings. The lowest BCUT2D eigenvalue weighted by atomic mass is 10.2. The van der Waals surface area contributed by atoms with E-state index in [0.29, 0.717) is 15.9 Å². The number of aromatic carboxylic acids is 1. The van der Waals surface area contributed by atoms with Crippen molar-refractivity contribution in [3.05, 3.63) is 46.1 Å². The van der Waals surface area contributed by atoms with Gasteiger partial charge in [-0.1, -0.05) is 29.8 Å². The summed E-state index contributed by atoms with van der Waals surface area (Å²) in [6.07, 6.45) is -0.798. The Hall–Kier alpha value is -2.06. The highest BCUT2D eigenvalue weighted by molar-refractivity contribution is 6.39. The number of hydrogen-bond donors (Lipinski definition) is 3. The third-order valence-electron chi connectivity index (χ3n) is 3.43. The molecule has 3 rings (SSSR count). The van der Waals surface area contributed by atoms with Crippen LogP contribution in [0, 0.1) is 0 Å². The van der Waals surface area contributed by atoms with Crippen molar-refractivity contribution in [3.8, 4) is 0 Å². The monoisotopic (exact) mass is 413 g/mol. The third kappa shape index (κ3) is 5.46. The molecule has 146 valence electrons. The van der Waals surface area contributed by atoms with Gasteiger partial charge in [-0.2, -0.15) is 0 Å². The number of carbonyl (C=O) groups excluding carboxylic acids is 1. The lowest BCUT2D eigenvalue weighted by Gasteiger charge is -2.20. The van der Waals surface area contributed by atoms with E-state index in [0.717, 1.165) is 17.7 Å². The van der Waals surface area contributed by atoms with Crippen LogP contribution in [0.1, 0.15) is 31.3 Å². The summed E-state index contributed by atoms with van der Waals surface area (Å²) in [4.78, 5) is 23.6. The van der Waals surface area contributed by atoms with Crippen molar-refractivity contribution in [1.82, 2.24) is 15.4 Å². The summed E-state index contributed by atoms with van der Waals surface area (Å²) in [5.74, 6) is -1.26. The van der Waals surface area contributed by atoms with Gasteiger partial charge in [-0.3, -0.25) is 10.9 Å². The number of rotatable bonds is 1. The minimum atomic E-state index is -1.26. The van der Waals surface area contributed by atoms with Crippen molar-refractivity contribution in [2.45, 2.75) is 26.4 Å². The van der Waals surface area contributed by atoms with Crippen LogP contribution in [0.3, 0.4) is 0 Å². The van der Waals surface area contributed by atoms with E-state index in [1.807, 2.05) is 0 Å². The Morgan fingerprint density at radius 1 is 1.19 bits per heavy atom. The maximum atomic E-state index is 12.3. The smallest absolute Gasteiger partial charge is 0.419 e. The zero-order valence-corrected chi connectivity index (χ0v) is 16.7. The van der Waals surface area contributed by atoms with Gasteiger partial charge in [0.05, 0.1) is 10.5 Å². The molecular weight excluding hydrogens is 393 g/mol. The highest BCUT2D eigenvalue weighted by atomic mass is 35.5. The van der Waals surface area contributed by atoms with E-state index in [1.165, 1.54) is 23.8 Å². The van der Waals surface area contributed by atoms with Crippen molar-refractivity contribution < 1.29 is 19.4 Å². The average Bonchev–Trinajstić information content (AvgIpc) is 3.12. The van der Waals surface area contributed by atoms with Crippen molar-refractivity contribution in [1.29, 1.82) is 0 Å². The van der Waals surface area contributed by atoms with E-state index in [9.17, 15) is 14.7 Å². The molecular formula is C18H21Cl2N3O4. The maximum Gasteiger partial charge on any atom is 0.419 e. The van der Waals surface area contributed by atoms with E-state index in [4.69, 9.17) is 27.9 Å². The van der Waals surface area contributed by atoms with Crippen LogP contribution in [0.15, 0.2) is 30.4 Å². The average molecular weight is 414 g/mol. The summed E-state index contributed by atoms with van der Waals surface area (Å²) in [6, 6.07) is 4.27. The Kier molecular flexibility index (Phi) is 6.54. The van der Waals surface area contributed by atoms with E-state index in [1.54, 1.807) is 20.8 Å². The zero-order chi connectivity index (χ0) is 20.4. The zero-order valence-electron chi connectivity index (χ0n) is 15.2. The summed E-state index contributed by atoms with van der Waals surface area (Å²) in [7, 11) is 0. The highest BCUT2D eigenvalue weighted by Crippen LogP contribution is 2.31. The van der Waals surface area contributed by atoms with Crippen LogP contribution < -0.4 is 10.9 Å². The van der Waals surface area contributed by atoms with E-state index in [-0.39, 0.29) is 10.7 Å². The summed E-state index contributed by atoms with van der Waals surface area (Å²) in [6.45, 7) is 10.7. The molecule has 0 amide bonds. The molecule has 0 atom stereocenters. The number of halogens is 2. The van der Waals surface area contributed by atoms with E-state index < -0.39 is 17.7 Å². The first-order valence-electron chi connectivity index (χ1n) is 8.09. The summed E-state index contributed by atoms with van der Waals surface area (Å²) in [5, 5.41) is 10.3. The molecule has 7 nitrogen and oxygen atoms in total. The van der Waals surface area contributed by atoms with Crippen molar-refractivity contribution in [3.63, 3.8) is 0 Å². The molecule has 0 saturated carbocycles. The van der Waals surface area contributed by atoms with Crippen molar-refractivity contribution in [2.75, 3.05) is 13.1 Å². The predicted molar refractivity (Wildman–Crippen MR) is 106 cm³/mol. The molecule has 2 heterocycles. The van der Waals surface area contributed by atoms with E-state index >= 15 is 0 Å². The third-order valence-corrected chi connectivity index (χ3v) is 3.96. The fraction of sp³-hybridized carbons (Fsp3) is 0.333. The summed E-state index contributed by atoms with van der Waals surface area (Å²) >= 11 is 12.0. The van der Waals surface area contributed by atoms with Gasteiger partial charge in [0, 0.05) is 23.5 Å². The van der Waals surface area contributed by atoms with E-state index in [2.05, 4.69) is 17.4 Å². The largest absolute Gasteiger partial charge is 0.477 e. The molecule has 0 radical (unpaired) electrons. The number of carbonyl (C=O) groups is 2. The normalized spacial score (nSPS) is 14.0. The Labute approximate surface area is 166 Å². The van der Waals surface area contributed by atoms with Crippen molar-refractivity contribution in [2.24, 2.45) is 0 Å². The molecule has 3 N–H and O–H groups in total. The molecule has 0 unspecified atom stereocenters. The van der Waals surface area contributed by atoms with Gasteiger partial charge in [-0.15, -0.1) is 0 Å². The minimum absolute atomic E-state index is 0.233. The Morgan fingerprint density at radius 2 is 1.78 bits per heavy atom. The first kappa shape index (κ1) is 21.2. The van der Waals surface area contributed by atoms with Crippen LogP contribution in [0.2, 0.25) is 10.0 Å². The maximum absolute atomic E-state index is 12.3. The quantitative estimate of drug-likeness (QED) is 0.609. The Bertz CT molecular complexity index is 892. The molecule has 9 heteroatoms. The van der Waals surface area contributed by atoms with Crippen molar-refractivity contribution >= 4 is 46.2 Å². The Morgan fingerprint density at radius 3 is 2.22 bits per heavy atom. The highest BCUT2D eigenvalue weighted by Gasteiger charge is 2.25. The molecule has 1 aromatic carbocycles. The second-order valence-corrected chi connectivity index (χ2v) is 7.77. The number of aromatic nitrogens is 1. The standard InChI is InChI=1S/C14H13Cl2NO4.C4H8N2/c1-14(2,3)21-13(20)17-10-5-7(15)4-9(16)8(10)6-11(17)12(18)19;1-4-2-5-6-3-4/h4-6H,1-3H3,(H,18,19);5-6H,1-3H2. The van der Waals surface area contributed by atoms with Gasteiger partial charge in [0.25, 0.3) is 0 Å². The van der Waals surface area contributed by atoms with Gasteiger partial charge in [-0.25, -0.2) is 14.2 Å². The van der Waals surface area contributed by atoms with Crippen LogP contribution >= 0.6 is 23.2 Å². The van der Waals surface area contributed by atoms with Gasteiger partial charge in [-0.05, 0) is 44.5 Å². The Balaban J connectivity index is 0.000000369. The minimum Gasteiger partial charge on any atom is -0.477 e. The first-order chi connectivity index (χ1) is 12.5. The lowest BCUT2D eigenvalue weighted by molar-refractivity contribution is 0.0513. The van der Waals surface area contributed by atoms with Crippen LogP contribution in [0.4, 0.5) is 4.79 Å². The number of benzene rings is 1. The van der Waals surface area contributed by atoms with Crippen LogP contribution in [-0.2, 0) is 4.74 Å². The molecule has 1 aromatic heterocycles.